The summed E-state index contributed by atoms with van der Waals surface area (Å²) >= 11 is 0. The van der Waals surface area contributed by atoms with E-state index in [2.05, 4.69) is 21.8 Å². The van der Waals surface area contributed by atoms with Crippen LogP contribution in [-0.4, -0.2) is 37.9 Å². The molecule has 0 spiro atoms. The minimum absolute atomic E-state index is 0.264. The zero-order valence-corrected chi connectivity index (χ0v) is 13.2. The predicted octanol–water partition coefficient (Wildman–Crippen LogP) is 3.00. The number of amides is 1. The number of aromatic nitrogens is 3. The SMILES string of the molecule is CCN(C(=O)CCn1cnc2ncccc21)C1CCCCC1. The van der Waals surface area contributed by atoms with Gasteiger partial charge in [0.1, 0.15) is 0 Å². The molecule has 1 aliphatic carbocycles. The molecule has 0 bridgehead atoms. The van der Waals surface area contributed by atoms with Crippen molar-refractivity contribution in [1.29, 1.82) is 0 Å². The van der Waals surface area contributed by atoms with Crippen LogP contribution in [0.2, 0.25) is 0 Å². The van der Waals surface area contributed by atoms with E-state index < -0.39 is 0 Å². The highest BCUT2D eigenvalue weighted by atomic mass is 16.2. The average Bonchev–Trinajstić information content (AvgIpc) is 2.98. The fraction of sp³-hybridized carbons (Fsp3) is 0.588. The number of fused-ring (bicyclic) bond motifs is 1. The van der Waals surface area contributed by atoms with E-state index in [1.165, 1.54) is 19.3 Å². The van der Waals surface area contributed by atoms with Gasteiger partial charge in [-0.25, -0.2) is 9.97 Å². The minimum Gasteiger partial charge on any atom is -0.340 e. The normalized spacial score (nSPS) is 16.0. The van der Waals surface area contributed by atoms with Gasteiger partial charge in [0.15, 0.2) is 5.65 Å². The van der Waals surface area contributed by atoms with Crippen molar-refractivity contribution in [2.24, 2.45) is 0 Å². The van der Waals surface area contributed by atoms with E-state index >= 15 is 0 Å². The Morgan fingerprint density at radius 2 is 2.14 bits per heavy atom. The van der Waals surface area contributed by atoms with Crippen molar-refractivity contribution >= 4 is 17.1 Å². The van der Waals surface area contributed by atoms with Gasteiger partial charge >= 0.3 is 0 Å². The molecule has 2 aromatic rings. The van der Waals surface area contributed by atoms with E-state index in [9.17, 15) is 4.79 Å². The largest absolute Gasteiger partial charge is 0.340 e. The Hall–Kier alpha value is -1.91. The van der Waals surface area contributed by atoms with Gasteiger partial charge in [0.05, 0.1) is 11.8 Å². The van der Waals surface area contributed by atoms with Crippen molar-refractivity contribution < 1.29 is 4.79 Å². The van der Waals surface area contributed by atoms with E-state index in [-0.39, 0.29) is 5.91 Å². The van der Waals surface area contributed by atoms with Gasteiger partial charge < -0.3 is 9.47 Å². The van der Waals surface area contributed by atoms with E-state index in [1.807, 2.05) is 16.7 Å². The molecule has 0 saturated heterocycles. The molecule has 5 nitrogen and oxygen atoms in total. The van der Waals surface area contributed by atoms with Crippen molar-refractivity contribution in [2.45, 2.75) is 58.0 Å². The number of imidazole rings is 1. The van der Waals surface area contributed by atoms with Crippen molar-refractivity contribution in [3.05, 3.63) is 24.7 Å². The molecule has 0 aliphatic heterocycles. The smallest absolute Gasteiger partial charge is 0.224 e. The zero-order valence-electron chi connectivity index (χ0n) is 13.2. The lowest BCUT2D eigenvalue weighted by molar-refractivity contribution is -0.134. The number of pyridine rings is 1. The molecule has 0 N–H and O–H groups in total. The summed E-state index contributed by atoms with van der Waals surface area (Å²) in [4.78, 5) is 23.2. The number of nitrogens with zero attached hydrogens (tertiary/aromatic N) is 4. The number of hydrogen-bond acceptors (Lipinski definition) is 3. The Bertz CT molecular complexity index is 630. The third kappa shape index (κ3) is 3.13. The van der Waals surface area contributed by atoms with Crippen LogP contribution in [0.5, 0.6) is 0 Å². The molecule has 22 heavy (non-hydrogen) atoms. The van der Waals surface area contributed by atoms with Crippen molar-refractivity contribution in [2.75, 3.05) is 6.54 Å². The monoisotopic (exact) mass is 300 g/mol. The average molecular weight is 300 g/mol. The molecule has 0 radical (unpaired) electrons. The second-order valence-electron chi connectivity index (χ2n) is 6.01. The lowest BCUT2D eigenvalue weighted by Gasteiger charge is -2.33. The van der Waals surface area contributed by atoms with E-state index in [4.69, 9.17) is 0 Å². The third-order valence-electron chi connectivity index (χ3n) is 4.64. The lowest BCUT2D eigenvalue weighted by Crippen LogP contribution is -2.41. The van der Waals surface area contributed by atoms with Gasteiger partial charge in [-0.2, -0.15) is 0 Å². The molecule has 2 aromatic heterocycles. The van der Waals surface area contributed by atoms with Crippen LogP contribution in [0.15, 0.2) is 24.7 Å². The first-order valence-electron chi connectivity index (χ1n) is 8.35. The Morgan fingerprint density at radius 3 is 2.91 bits per heavy atom. The molecular weight excluding hydrogens is 276 g/mol. The minimum atomic E-state index is 0.264. The highest BCUT2D eigenvalue weighted by Gasteiger charge is 2.23. The molecule has 0 aromatic carbocycles. The van der Waals surface area contributed by atoms with Crippen LogP contribution >= 0.6 is 0 Å². The third-order valence-corrected chi connectivity index (χ3v) is 4.64. The van der Waals surface area contributed by atoms with Crippen LogP contribution in [0.25, 0.3) is 11.2 Å². The summed E-state index contributed by atoms with van der Waals surface area (Å²) in [6, 6.07) is 4.36. The van der Waals surface area contributed by atoms with Gasteiger partial charge in [-0.1, -0.05) is 19.3 Å². The van der Waals surface area contributed by atoms with E-state index in [1.54, 1.807) is 12.5 Å². The quantitative estimate of drug-likeness (QED) is 0.853. The van der Waals surface area contributed by atoms with Gasteiger partial charge in [0.25, 0.3) is 0 Å². The predicted molar refractivity (Wildman–Crippen MR) is 86.4 cm³/mol. The highest BCUT2D eigenvalue weighted by Crippen LogP contribution is 2.23. The maximum atomic E-state index is 12.6. The zero-order chi connectivity index (χ0) is 15.4. The Morgan fingerprint density at radius 1 is 1.32 bits per heavy atom. The summed E-state index contributed by atoms with van der Waals surface area (Å²) in [5, 5.41) is 0. The summed E-state index contributed by atoms with van der Waals surface area (Å²) in [5.74, 6) is 0.264. The van der Waals surface area contributed by atoms with Crippen molar-refractivity contribution in [3.8, 4) is 0 Å². The Balaban J connectivity index is 1.63. The van der Waals surface area contributed by atoms with Crippen molar-refractivity contribution in [1.82, 2.24) is 19.4 Å². The fourth-order valence-corrected chi connectivity index (χ4v) is 3.47. The number of carbonyl (C=O) groups excluding carboxylic acids is 1. The van der Waals surface area contributed by atoms with Crippen LogP contribution in [0.3, 0.4) is 0 Å². The van der Waals surface area contributed by atoms with E-state index in [0.29, 0.717) is 19.0 Å². The van der Waals surface area contributed by atoms with Gasteiger partial charge in [0.2, 0.25) is 5.91 Å². The molecule has 2 heterocycles. The summed E-state index contributed by atoms with van der Waals surface area (Å²) in [6.45, 7) is 3.57. The molecule has 1 amide bonds. The molecule has 0 atom stereocenters. The molecular formula is C17H24N4O. The van der Waals surface area contributed by atoms with Gasteiger partial charge in [-0.15, -0.1) is 0 Å². The molecule has 5 heteroatoms. The van der Waals surface area contributed by atoms with Crippen molar-refractivity contribution in [3.63, 3.8) is 0 Å². The molecule has 1 fully saturated rings. The highest BCUT2D eigenvalue weighted by molar-refractivity contribution is 5.77. The maximum absolute atomic E-state index is 12.6. The second-order valence-corrected chi connectivity index (χ2v) is 6.01. The first-order valence-corrected chi connectivity index (χ1v) is 8.35. The maximum Gasteiger partial charge on any atom is 0.224 e. The number of carbonyl (C=O) groups is 1. The number of aryl methyl sites for hydroxylation is 1. The number of hydrogen-bond donors (Lipinski definition) is 0. The molecule has 0 unspecified atom stereocenters. The molecule has 118 valence electrons. The topological polar surface area (TPSA) is 51.0 Å². The molecule has 1 aliphatic rings. The van der Waals surface area contributed by atoms with Crippen LogP contribution in [0, 0.1) is 0 Å². The van der Waals surface area contributed by atoms with Crippen LogP contribution in [0.4, 0.5) is 0 Å². The second kappa shape index (κ2) is 6.90. The van der Waals surface area contributed by atoms with Gasteiger partial charge in [0, 0.05) is 31.7 Å². The summed E-state index contributed by atoms with van der Waals surface area (Å²) < 4.78 is 2.02. The van der Waals surface area contributed by atoms with Crippen LogP contribution in [0.1, 0.15) is 45.4 Å². The Labute approximate surface area is 131 Å². The van der Waals surface area contributed by atoms with Crippen LogP contribution < -0.4 is 0 Å². The molecule has 1 saturated carbocycles. The standard InChI is InChI=1S/C17H24N4O/c1-2-21(14-7-4-3-5-8-14)16(22)10-12-20-13-19-17-15(20)9-6-11-18-17/h6,9,11,13-14H,2-5,7-8,10,12H2,1H3. The van der Waals surface area contributed by atoms with Gasteiger partial charge in [-0.05, 0) is 31.9 Å². The summed E-state index contributed by atoms with van der Waals surface area (Å²) in [6.07, 6.45) is 10.2. The number of rotatable bonds is 5. The van der Waals surface area contributed by atoms with E-state index in [0.717, 1.165) is 30.6 Å². The molecule has 3 rings (SSSR count). The van der Waals surface area contributed by atoms with Gasteiger partial charge in [-0.3, -0.25) is 4.79 Å². The van der Waals surface area contributed by atoms with Crippen LogP contribution in [-0.2, 0) is 11.3 Å². The Kier molecular flexibility index (Phi) is 4.71. The first-order chi connectivity index (χ1) is 10.8. The summed E-state index contributed by atoms with van der Waals surface area (Å²) in [5.41, 5.74) is 1.74. The first kappa shape index (κ1) is 15.0. The fourth-order valence-electron chi connectivity index (χ4n) is 3.47. The summed E-state index contributed by atoms with van der Waals surface area (Å²) in [7, 11) is 0. The lowest BCUT2D eigenvalue weighted by atomic mass is 9.94.